The number of hydrogen-bond acceptors (Lipinski definition) is 8. The molecule has 1 N–H and O–H groups in total. The molecule has 8 heteroatoms. The predicted octanol–water partition coefficient (Wildman–Crippen LogP) is 6.15. The summed E-state index contributed by atoms with van der Waals surface area (Å²) in [5.74, 6) is 3.76. The Labute approximate surface area is 209 Å². The molecule has 0 unspecified atom stereocenters. The summed E-state index contributed by atoms with van der Waals surface area (Å²) in [4.78, 5) is 9.26. The summed E-state index contributed by atoms with van der Waals surface area (Å²) in [6.07, 6.45) is 0. The van der Waals surface area contributed by atoms with E-state index in [1.165, 1.54) is 0 Å². The fourth-order valence-corrected chi connectivity index (χ4v) is 4.18. The first-order valence-electron chi connectivity index (χ1n) is 11.6. The summed E-state index contributed by atoms with van der Waals surface area (Å²) < 4.78 is 16.5. The van der Waals surface area contributed by atoms with E-state index in [9.17, 15) is 0 Å². The molecule has 0 fully saturated rings. The molecule has 0 aliphatic carbocycles. The van der Waals surface area contributed by atoms with Gasteiger partial charge >= 0.3 is 0 Å². The van der Waals surface area contributed by atoms with Crippen molar-refractivity contribution in [2.24, 2.45) is 0 Å². The van der Waals surface area contributed by atoms with Crippen LogP contribution in [0, 0.1) is 13.8 Å². The molecule has 0 aliphatic heterocycles. The fourth-order valence-electron chi connectivity index (χ4n) is 4.18. The first-order chi connectivity index (χ1) is 17.4. The minimum absolute atomic E-state index is 0.00353. The first kappa shape index (κ1) is 23.3. The van der Waals surface area contributed by atoms with E-state index < -0.39 is 0 Å². The van der Waals surface area contributed by atoms with E-state index >= 15 is 0 Å². The molecular weight excluding hydrogens is 454 g/mol. The Kier molecular flexibility index (Phi) is 6.25. The monoisotopic (exact) mass is 481 g/mol. The number of hydrogen-bond donors (Lipinski definition) is 1. The van der Waals surface area contributed by atoms with Crippen LogP contribution in [-0.4, -0.2) is 34.4 Å². The molecule has 2 aromatic heterocycles. The zero-order valence-corrected chi connectivity index (χ0v) is 20.9. The highest BCUT2D eigenvalue weighted by atomic mass is 16.5. The number of benzene rings is 3. The van der Waals surface area contributed by atoms with Crippen molar-refractivity contribution in [2.75, 3.05) is 19.5 Å². The Bertz CT molecular complexity index is 1530. The van der Waals surface area contributed by atoms with Gasteiger partial charge in [-0.3, -0.25) is 0 Å². The van der Waals surface area contributed by atoms with Gasteiger partial charge < -0.3 is 19.2 Å². The van der Waals surface area contributed by atoms with Crippen molar-refractivity contribution in [3.05, 3.63) is 77.9 Å². The second-order valence-corrected chi connectivity index (χ2v) is 8.54. The van der Waals surface area contributed by atoms with E-state index in [-0.39, 0.29) is 6.04 Å². The second-order valence-electron chi connectivity index (χ2n) is 8.54. The number of aromatic nitrogens is 4. The SMILES string of the molecule is COc1cc2nc(C)nc(N[C@H](C)c3cccc(-c4ccc(-c5nnc(C)o5)cc4)c3)c2cc1OC. The Hall–Kier alpha value is -4.46. The van der Waals surface area contributed by atoms with Gasteiger partial charge in [0.1, 0.15) is 11.6 Å². The molecule has 3 aromatic carbocycles. The lowest BCUT2D eigenvalue weighted by Crippen LogP contribution is -2.10. The summed E-state index contributed by atoms with van der Waals surface area (Å²) in [6.45, 7) is 5.78. The minimum atomic E-state index is -0.00353. The van der Waals surface area contributed by atoms with Crippen LogP contribution in [0.3, 0.4) is 0 Å². The molecule has 2 heterocycles. The number of anilines is 1. The molecule has 1 atom stereocenters. The van der Waals surface area contributed by atoms with E-state index in [4.69, 9.17) is 13.9 Å². The van der Waals surface area contributed by atoms with Crippen molar-refractivity contribution in [1.29, 1.82) is 0 Å². The second kappa shape index (κ2) is 9.65. The average Bonchev–Trinajstić information content (AvgIpc) is 3.34. The molecule has 36 heavy (non-hydrogen) atoms. The summed E-state index contributed by atoms with van der Waals surface area (Å²) in [5, 5.41) is 12.4. The van der Waals surface area contributed by atoms with E-state index in [0.29, 0.717) is 29.1 Å². The zero-order chi connectivity index (χ0) is 25.2. The third-order valence-electron chi connectivity index (χ3n) is 6.04. The summed E-state index contributed by atoms with van der Waals surface area (Å²) in [7, 11) is 3.24. The van der Waals surface area contributed by atoms with Crippen LogP contribution in [-0.2, 0) is 0 Å². The maximum absolute atomic E-state index is 5.53. The van der Waals surface area contributed by atoms with Gasteiger partial charge in [-0.25, -0.2) is 9.97 Å². The Morgan fingerprint density at radius 3 is 2.22 bits per heavy atom. The van der Waals surface area contributed by atoms with Crippen LogP contribution in [0.25, 0.3) is 33.5 Å². The minimum Gasteiger partial charge on any atom is -0.493 e. The van der Waals surface area contributed by atoms with Crippen LogP contribution < -0.4 is 14.8 Å². The van der Waals surface area contributed by atoms with Crippen molar-refractivity contribution >= 4 is 16.7 Å². The number of ether oxygens (including phenoxy) is 2. The third kappa shape index (κ3) is 4.57. The number of fused-ring (bicyclic) bond motifs is 1. The molecule has 0 saturated carbocycles. The molecule has 0 aliphatic rings. The van der Waals surface area contributed by atoms with Crippen LogP contribution in [0.5, 0.6) is 11.5 Å². The lowest BCUT2D eigenvalue weighted by atomic mass is 9.99. The van der Waals surface area contributed by atoms with Crippen LogP contribution in [0.2, 0.25) is 0 Å². The first-order valence-corrected chi connectivity index (χ1v) is 11.6. The van der Waals surface area contributed by atoms with Crippen molar-refractivity contribution in [3.8, 4) is 34.1 Å². The smallest absolute Gasteiger partial charge is 0.247 e. The van der Waals surface area contributed by atoms with Gasteiger partial charge in [-0.2, -0.15) is 0 Å². The van der Waals surface area contributed by atoms with Crippen LogP contribution >= 0.6 is 0 Å². The average molecular weight is 482 g/mol. The van der Waals surface area contributed by atoms with Gasteiger partial charge in [-0.05, 0) is 54.8 Å². The standard InChI is InChI=1S/C28H27N5O3/c1-16(29-27-23-14-25(34-4)26(35-5)15-24(23)30-17(2)31-27)21-7-6-8-22(13-21)19-9-11-20(12-10-19)28-33-32-18(3)36-28/h6-16H,1-5H3,(H,29,30,31)/t16-/m1/s1. The van der Waals surface area contributed by atoms with E-state index in [1.54, 1.807) is 21.1 Å². The van der Waals surface area contributed by atoms with Crippen LogP contribution in [0.1, 0.15) is 30.2 Å². The quantitative estimate of drug-likeness (QED) is 0.296. The van der Waals surface area contributed by atoms with Crippen molar-refractivity contribution in [1.82, 2.24) is 20.2 Å². The molecule has 8 nitrogen and oxygen atoms in total. The molecule has 5 aromatic rings. The van der Waals surface area contributed by atoms with E-state index in [0.717, 1.165) is 39.0 Å². The fraction of sp³-hybridized carbons (Fsp3) is 0.214. The summed E-state index contributed by atoms with van der Waals surface area (Å²) in [5.41, 5.74) is 5.03. The zero-order valence-electron chi connectivity index (χ0n) is 20.9. The van der Waals surface area contributed by atoms with E-state index in [2.05, 4.69) is 68.8 Å². The lowest BCUT2D eigenvalue weighted by molar-refractivity contribution is 0.356. The van der Waals surface area contributed by atoms with Crippen LogP contribution in [0.4, 0.5) is 5.82 Å². The maximum Gasteiger partial charge on any atom is 0.247 e. The van der Waals surface area contributed by atoms with Crippen molar-refractivity contribution < 1.29 is 13.9 Å². The maximum atomic E-state index is 5.53. The number of aryl methyl sites for hydroxylation is 2. The molecule has 5 rings (SSSR count). The topological polar surface area (TPSA) is 95.2 Å². The number of rotatable bonds is 7. The largest absolute Gasteiger partial charge is 0.493 e. The predicted molar refractivity (Wildman–Crippen MR) is 139 cm³/mol. The molecule has 0 amide bonds. The molecule has 0 radical (unpaired) electrons. The van der Waals surface area contributed by atoms with Gasteiger partial charge in [0.2, 0.25) is 11.8 Å². The highest BCUT2D eigenvalue weighted by Gasteiger charge is 2.15. The highest BCUT2D eigenvalue weighted by Crippen LogP contribution is 2.35. The van der Waals surface area contributed by atoms with Gasteiger partial charge in [0.05, 0.1) is 19.7 Å². The molecule has 0 spiro atoms. The summed E-state index contributed by atoms with van der Waals surface area (Å²) >= 11 is 0. The molecule has 182 valence electrons. The highest BCUT2D eigenvalue weighted by molar-refractivity contribution is 5.92. The summed E-state index contributed by atoms with van der Waals surface area (Å²) in [6, 6.07) is 20.3. The number of methoxy groups -OCH3 is 2. The molecular formula is C28H27N5O3. The lowest BCUT2D eigenvalue weighted by Gasteiger charge is -2.18. The van der Waals surface area contributed by atoms with Gasteiger partial charge in [-0.1, -0.05) is 30.3 Å². The van der Waals surface area contributed by atoms with Gasteiger partial charge in [0, 0.05) is 30.0 Å². The third-order valence-corrected chi connectivity index (χ3v) is 6.04. The Morgan fingerprint density at radius 1 is 0.806 bits per heavy atom. The van der Waals surface area contributed by atoms with Gasteiger partial charge in [0.25, 0.3) is 0 Å². The van der Waals surface area contributed by atoms with Crippen molar-refractivity contribution in [2.45, 2.75) is 26.8 Å². The molecule has 0 bridgehead atoms. The normalized spacial score (nSPS) is 11.9. The van der Waals surface area contributed by atoms with Gasteiger partial charge in [0.15, 0.2) is 11.5 Å². The Morgan fingerprint density at radius 2 is 1.53 bits per heavy atom. The van der Waals surface area contributed by atoms with Gasteiger partial charge in [-0.15, -0.1) is 10.2 Å². The van der Waals surface area contributed by atoms with Crippen LogP contribution in [0.15, 0.2) is 65.1 Å². The van der Waals surface area contributed by atoms with E-state index in [1.807, 2.05) is 31.2 Å². The molecule has 0 saturated heterocycles. The number of nitrogens with one attached hydrogen (secondary N) is 1. The van der Waals surface area contributed by atoms with Crippen molar-refractivity contribution in [3.63, 3.8) is 0 Å². The Balaban J connectivity index is 1.43. The number of nitrogens with zero attached hydrogens (tertiary/aromatic N) is 4.